The number of nitrogens with zero attached hydrogens (tertiary/aromatic N) is 1. The number of fused-ring (bicyclic) bond motifs is 1. The first-order chi connectivity index (χ1) is 9.22. The third-order valence-electron chi connectivity index (χ3n) is 4.24. The van der Waals surface area contributed by atoms with Gasteiger partial charge in [-0.05, 0) is 59.1 Å². The van der Waals surface area contributed by atoms with Crippen LogP contribution < -0.4 is 4.90 Å². The fourth-order valence-electron chi connectivity index (χ4n) is 3.23. The van der Waals surface area contributed by atoms with Gasteiger partial charge < -0.3 is 10.0 Å². The maximum atomic E-state index is 11.4. The van der Waals surface area contributed by atoms with E-state index in [2.05, 4.69) is 43.9 Å². The van der Waals surface area contributed by atoms with Gasteiger partial charge in [-0.3, -0.25) is 4.79 Å². The van der Waals surface area contributed by atoms with Gasteiger partial charge in [0, 0.05) is 17.8 Å². The number of aryl methyl sites for hydroxylation is 1. The molecule has 0 spiro atoms. The van der Waals surface area contributed by atoms with E-state index in [1.165, 1.54) is 16.8 Å². The molecule has 1 aliphatic rings. The molecule has 1 atom stereocenters. The van der Waals surface area contributed by atoms with E-state index in [0.29, 0.717) is 12.5 Å². The number of aliphatic carboxylic acids is 1. The van der Waals surface area contributed by atoms with Crippen molar-refractivity contribution in [2.24, 2.45) is 5.41 Å². The summed E-state index contributed by atoms with van der Waals surface area (Å²) in [5.74, 6) is -0.714. The minimum atomic E-state index is -0.714. The molecule has 3 nitrogen and oxygen atoms in total. The number of benzene rings is 1. The van der Waals surface area contributed by atoms with Crippen LogP contribution in [0.25, 0.3) is 0 Å². The Morgan fingerprint density at radius 2 is 2.10 bits per heavy atom. The number of anilines is 1. The highest BCUT2D eigenvalue weighted by Crippen LogP contribution is 2.39. The molecule has 1 aromatic carbocycles. The highest BCUT2D eigenvalue weighted by molar-refractivity contribution is 5.74. The standard InChI is InChI=1S/C17H25NO2/c1-11(2)18-14(10-17(4,5)16(19)20)9-13-8-12(3)6-7-15(13)18/h6-8,11,14H,9-10H2,1-5H3,(H,19,20). The average molecular weight is 275 g/mol. The van der Waals surface area contributed by atoms with Crippen molar-refractivity contribution in [1.29, 1.82) is 0 Å². The molecule has 0 saturated carbocycles. The van der Waals surface area contributed by atoms with E-state index in [4.69, 9.17) is 0 Å². The van der Waals surface area contributed by atoms with Gasteiger partial charge in [0.05, 0.1) is 5.41 Å². The van der Waals surface area contributed by atoms with Gasteiger partial charge in [0.25, 0.3) is 0 Å². The number of carboxylic acids is 1. The minimum Gasteiger partial charge on any atom is -0.481 e. The molecule has 0 amide bonds. The Balaban J connectivity index is 2.30. The van der Waals surface area contributed by atoms with Crippen LogP contribution in [0.15, 0.2) is 18.2 Å². The Labute approximate surface area is 121 Å². The van der Waals surface area contributed by atoms with Crippen molar-refractivity contribution >= 4 is 11.7 Å². The molecule has 110 valence electrons. The van der Waals surface area contributed by atoms with Crippen LogP contribution in [0.5, 0.6) is 0 Å². The summed E-state index contributed by atoms with van der Waals surface area (Å²) >= 11 is 0. The molecule has 0 saturated heterocycles. The van der Waals surface area contributed by atoms with Crippen molar-refractivity contribution in [3.8, 4) is 0 Å². The van der Waals surface area contributed by atoms with Gasteiger partial charge in [0.2, 0.25) is 0 Å². The molecule has 1 unspecified atom stereocenters. The Bertz CT molecular complexity index is 520. The van der Waals surface area contributed by atoms with Crippen LogP contribution in [0.4, 0.5) is 5.69 Å². The lowest BCUT2D eigenvalue weighted by Gasteiger charge is -2.35. The number of hydrogen-bond donors (Lipinski definition) is 1. The van der Waals surface area contributed by atoms with Crippen LogP contribution in [0.3, 0.4) is 0 Å². The van der Waals surface area contributed by atoms with Gasteiger partial charge >= 0.3 is 5.97 Å². The Kier molecular flexibility index (Phi) is 3.81. The molecule has 1 heterocycles. The predicted octanol–water partition coefficient (Wildman–Crippen LogP) is 3.64. The smallest absolute Gasteiger partial charge is 0.309 e. The van der Waals surface area contributed by atoms with Crippen molar-refractivity contribution in [3.05, 3.63) is 29.3 Å². The average Bonchev–Trinajstić information content (AvgIpc) is 2.64. The number of carboxylic acid groups (broad SMARTS) is 1. The Morgan fingerprint density at radius 3 is 2.65 bits per heavy atom. The van der Waals surface area contributed by atoms with Crippen LogP contribution in [-0.2, 0) is 11.2 Å². The number of hydrogen-bond acceptors (Lipinski definition) is 2. The largest absolute Gasteiger partial charge is 0.481 e. The molecule has 0 radical (unpaired) electrons. The third kappa shape index (κ3) is 2.67. The maximum absolute atomic E-state index is 11.4. The van der Waals surface area contributed by atoms with Crippen LogP contribution in [-0.4, -0.2) is 23.2 Å². The zero-order valence-corrected chi connectivity index (χ0v) is 13.1. The zero-order chi connectivity index (χ0) is 15.1. The van der Waals surface area contributed by atoms with Gasteiger partial charge in [0.15, 0.2) is 0 Å². The van der Waals surface area contributed by atoms with Crippen molar-refractivity contribution in [3.63, 3.8) is 0 Å². The molecule has 1 aromatic rings. The summed E-state index contributed by atoms with van der Waals surface area (Å²) in [5.41, 5.74) is 3.21. The summed E-state index contributed by atoms with van der Waals surface area (Å²) in [5, 5.41) is 9.37. The monoisotopic (exact) mass is 275 g/mol. The molecule has 2 rings (SSSR count). The van der Waals surface area contributed by atoms with E-state index in [1.54, 1.807) is 0 Å². The summed E-state index contributed by atoms with van der Waals surface area (Å²) in [4.78, 5) is 13.8. The summed E-state index contributed by atoms with van der Waals surface area (Å²) in [6.07, 6.45) is 1.63. The molecular formula is C17H25NO2. The quantitative estimate of drug-likeness (QED) is 0.912. The SMILES string of the molecule is Cc1ccc2c(c1)CC(CC(C)(C)C(=O)O)N2C(C)C. The highest BCUT2D eigenvalue weighted by Gasteiger charge is 2.38. The van der Waals surface area contributed by atoms with Crippen LogP contribution >= 0.6 is 0 Å². The molecule has 1 aliphatic heterocycles. The van der Waals surface area contributed by atoms with Gasteiger partial charge in [-0.2, -0.15) is 0 Å². The van der Waals surface area contributed by atoms with Gasteiger partial charge in [0.1, 0.15) is 0 Å². The Morgan fingerprint density at radius 1 is 1.45 bits per heavy atom. The summed E-state index contributed by atoms with van der Waals surface area (Å²) in [6.45, 7) is 10.1. The topological polar surface area (TPSA) is 40.5 Å². The van der Waals surface area contributed by atoms with E-state index in [0.717, 1.165) is 6.42 Å². The fourth-order valence-corrected chi connectivity index (χ4v) is 3.23. The normalized spacial score (nSPS) is 18.5. The van der Waals surface area contributed by atoms with Gasteiger partial charge in [-0.15, -0.1) is 0 Å². The molecule has 0 aliphatic carbocycles. The fraction of sp³-hybridized carbons (Fsp3) is 0.588. The van der Waals surface area contributed by atoms with E-state index in [-0.39, 0.29) is 6.04 Å². The third-order valence-corrected chi connectivity index (χ3v) is 4.24. The summed E-state index contributed by atoms with van der Waals surface area (Å²) < 4.78 is 0. The lowest BCUT2D eigenvalue weighted by Crippen LogP contribution is -2.42. The van der Waals surface area contributed by atoms with Crippen LogP contribution in [0, 0.1) is 12.3 Å². The lowest BCUT2D eigenvalue weighted by molar-refractivity contribution is -0.147. The highest BCUT2D eigenvalue weighted by atomic mass is 16.4. The van der Waals surface area contributed by atoms with E-state index in [1.807, 2.05) is 13.8 Å². The second-order valence-corrected chi connectivity index (χ2v) is 6.88. The summed E-state index contributed by atoms with van der Waals surface area (Å²) in [7, 11) is 0. The zero-order valence-electron chi connectivity index (χ0n) is 13.1. The molecule has 1 N–H and O–H groups in total. The maximum Gasteiger partial charge on any atom is 0.309 e. The van der Waals surface area contributed by atoms with E-state index < -0.39 is 11.4 Å². The first kappa shape index (κ1) is 14.9. The van der Waals surface area contributed by atoms with Crippen LogP contribution in [0.2, 0.25) is 0 Å². The lowest BCUT2D eigenvalue weighted by atomic mass is 9.84. The second kappa shape index (κ2) is 5.12. The molecule has 3 heteroatoms. The van der Waals surface area contributed by atoms with Crippen molar-refractivity contribution < 1.29 is 9.90 Å². The Hall–Kier alpha value is -1.51. The van der Waals surface area contributed by atoms with E-state index in [9.17, 15) is 9.90 Å². The first-order valence-electron chi connectivity index (χ1n) is 7.33. The summed E-state index contributed by atoms with van der Waals surface area (Å²) in [6, 6.07) is 7.21. The van der Waals surface area contributed by atoms with E-state index >= 15 is 0 Å². The molecule has 0 fully saturated rings. The molecule has 0 aromatic heterocycles. The van der Waals surface area contributed by atoms with Crippen LogP contribution in [0.1, 0.15) is 45.2 Å². The first-order valence-corrected chi connectivity index (χ1v) is 7.33. The van der Waals surface area contributed by atoms with Gasteiger partial charge in [-0.25, -0.2) is 0 Å². The van der Waals surface area contributed by atoms with Gasteiger partial charge in [-0.1, -0.05) is 17.7 Å². The second-order valence-electron chi connectivity index (χ2n) is 6.88. The molecule has 20 heavy (non-hydrogen) atoms. The number of rotatable bonds is 4. The minimum absolute atomic E-state index is 0.276. The van der Waals surface area contributed by atoms with Crippen molar-refractivity contribution in [2.45, 2.75) is 59.5 Å². The van der Waals surface area contributed by atoms with Crippen molar-refractivity contribution in [2.75, 3.05) is 4.90 Å². The molecule has 0 bridgehead atoms. The van der Waals surface area contributed by atoms with Crippen molar-refractivity contribution in [1.82, 2.24) is 0 Å². The predicted molar refractivity (Wildman–Crippen MR) is 82.3 cm³/mol. The molecular weight excluding hydrogens is 250 g/mol. The number of carbonyl (C=O) groups is 1.